The number of benzene rings is 2. The van der Waals surface area contributed by atoms with E-state index in [0.29, 0.717) is 5.56 Å². The summed E-state index contributed by atoms with van der Waals surface area (Å²) in [5, 5.41) is 20.5. The molecule has 0 amide bonds. The Balaban J connectivity index is 1.71. The van der Waals surface area contributed by atoms with Crippen LogP contribution >= 0.6 is 0 Å². The van der Waals surface area contributed by atoms with Crippen molar-refractivity contribution >= 4 is 5.97 Å². The van der Waals surface area contributed by atoms with Gasteiger partial charge in [-0.25, -0.2) is 0 Å². The summed E-state index contributed by atoms with van der Waals surface area (Å²) >= 11 is 0. The largest absolute Gasteiger partial charge is 0.481 e. The third kappa shape index (κ3) is 4.97. The molecule has 2 N–H and O–H groups in total. The standard InChI is InChI=1S/C32H39NO3/c1-5-31(6-2,27-11-13-29(23(4)17-27)32(36)14-8-7-9-15-32)26-10-12-28(22(3)16-26)25-18-24(19-30(34)35)20-33-21-25/h10-13,16-18,20-21,36H,5-9,14-15,19H2,1-4H3,(H,34,35). The lowest BCUT2D eigenvalue weighted by atomic mass is 9.68. The number of hydrogen-bond donors (Lipinski definition) is 2. The van der Waals surface area contributed by atoms with Crippen molar-refractivity contribution < 1.29 is 15.0 Å². The molecule has 3 aromatic rings. The number of pyridine rings is 1. The number of aryl methyl sites for hydroxylation is 2. The van der Waals surface area contributed by atoms with Gasteiger partial charge < -0.3 is 10.2 Å². The lowest BCUT2D eigenvalue weighted by molar-refractivity contribution is -0.136. The summed E-state index contributed by atoms with van der Waals surface area (Å²) in [5.41, 5.74) is 7.91. The summed E-state index contributed by atoms with van der Waals surface area (Å²) in [7, 11) is 0. The number of aliphatic hydroxyl groups is 1. The third-order valence-electron chi connectivity index (χ3n) is 8.41. The van der Waals surface area contributed by atoms with Gasteiger partial charge in [-0.1, -0.05) is 69.5 Å². The molecule has 36 heavy (non-hydrogen) atoms. The van der Waals surface area contributed by atoms with Crippen LogP contribution in [-0.2, 0) is 22.2 Å². The van der Waals surface area contributed by atoms with E-state index < -0.39 is 11.6 Å². The highest BCUT2D eigenvalue weighted by molar-refractivity contribution is 5.72. The Morgan fingerprint density at radius 2 is 1.56 bits per heavy atom. The predicted octanol–water partition coefficient (Wildman–Crippen LogP) is 7.25. The van der Waals surface area contributed by atoms with Crippen LogP contribution in [0.25, 0.3) is 11.1 Å². The van der Waals surface area contributed by atoms with E-state index in [1.54, 1.807) is 12.4 Å². The molecule has 0 radical (unpaired) electrons. The highest BCUT2D eigenvalue weighted by Crippen LogP contribution is 2.43. The van der Waals surface area contributed by atoms with E-state index in [4.69, 9.17) is 5.11 Å². The normalized spacial score (nSPS) is 15.6. The van der Waals surface area contributed by atoms with Gasteiger partial charge in [0.2, 0.25) is 0 Å². The molecule has 0 bridgehead atoms. The van der Waals surface area contributed by atoms with Crippen LogP contribution in [0.15, 0.2) is 54.9 Å². The zero-order valence-corrected chi connectivity index (χ0v) is 22.1. The Morgan fingerprint density at radius 1 is 0.917 bits per heavy atom. The van der Waals surface area contributed by atoms with Gasteiger partial charge in [0, 0.05) is 23.4 Å². The molecule has 0 spiro atoms. The van der Waals surface area contributed by atoms with Crippen LogP contribution in [0.3, 0.4) is 0 Å². The molecular formula is C32H39NO3. The Labute approximate surface area is 215 Å². The van der Waals surface area contributed by atoms with Gasteiger partial charge in [-0.3, -0.25) is 9.78 Å². The van der Waals surface area contributed by atoms with Gasteiger partial charge >= 0.3 is 5.97 Å². The molecule has 1 aliphatic rings. The van der Waals surface area contributed by atoms with Crippen LogP contribution in [0.1, 0.15) is 92.2 Å². The Kier molecular flexibility index (Phi) is 7.65. The molecule has 4 rings (SSSR count). The second kappa shape index (κ2) is 10.6. The van der Waals surface area contributed by atoms with Crippen molar-refractivity contribution in [2.75, 3.05) is 0 Å². The molecule has 2 aromatic carbocycles. The summed E-state index contributed by atoms with van der Waals surface area (Å²) in [5.74, 6) is -0.853. The average molecular weight is 486 g/mol. The fraction of sp³-hybridized carbons (Fsp3) is 0.438. The summed E-state index contributed by atoms with van der Waals surface area (Å²) in [4.78, 5) is 15.4. The van der Waals surface area contributed by atoms with Crippen LogP contribution in [0.4, 0.5) is 0 Å². The van der Waals surface area contributed by atoms with Crippen LogP contribution in [0.2, 0.25) is 0 Å². The molecule has 1 aliphatic carbocycles. The SMILES string of the molecule is CCC(CC)(c1ccc(-c2cncc(CC(=O)O)c2)c(C)c1)c1ccc(C2(O)CCCCC2)c(C)c1. The molecule has 0 atom stereocenters. The van der Waals surface area contributed by atoms with Crippen molar-refractivity contribution in [1.82, 2.24) is 4.98 Å². The maximum absolute atomic E-state index is 11.4. The van der Waals surface area contributed by atoms with Gasteiger partial charge in [0.25, 0.3) is 0 Å². The van der Waals surface area contributed by atoms with Crippen molar-refractivity contribution in [3.8, 4) is 11.1 Å². The van der Waals surface area contributed by atoms with Gasteiger partial charge in [-0.05, 0) is 84.5 Å². The van der Waals surface area contributed by atoms with Crippen LogP contribution in [0, 0.1) is 13.8 Å². The fourth-order valence-electron chi connectivity index (χ4n) is 6.31. The van der Waals surface area contributed by atoms with Gasteiger partial charge in [0.1, 0.15) is 0 Å². The first-order valence-electron chi connectivity index (χ1n) is 13.3. The van der Waals surface area contributed by atoms with Crippen LogP contribution < -0.4 is 0 Å². The first-order chi connectivity index (χ1) is 17.2. The molecule has 190 valence electrons. The maximum atomic E-state index is 11.4. The molecule has 1 fully saturated rings. The Hall–Kier alpha value is -2.98. The number of carboxylic acid groups (broad SMARTS) is 1. The molecule has 1 saturated carbocycles. The van der Waals surface area contributed by atoms with E-state index >= 15 is 0 Å². The van der Waals surface area contributed by atoms with Gasteiger partial charge in [0.05, 0.1) is 12.0 Å². The molecule has 0 saturated heterocycles. The van der Waals surface area contributed by atoms with Crippen molar-refractivity contribution in [3.63, 3.8) is 0 Å². The van der Waals surface area contributed by atoms with Crippen molar-refractivity contribution in [2.24, 2.45) is 0 Å². The maximum Gasteiger partial charge on any atom is 0.307 e. The lowest BCUT2D eigenvalue weighted by Crippen LogP contribution is -2.30. The van der Waals surface area contributed by atoms with Gasteiger partial charge in [-0.15, -0.1) is 0 Å². The quantitative estimate of drug-likeness (QED) is 0.352. The first-order valence-corrected chi connectivity index (χ1v) is 13.3. The van der Waals surface area contributed by atoms with Crippen LogP contribution in [-0.4, -0.2) is 21.2 Å². The number of rotatable bonds is 8. The number of carboxylic acids is 1. The fourth-order valence-corrected chi connectivity index (χ4v) is 6.31. The molecule has 4 heteroatoms. The predicted molar refractivity (Wildman–Crippen MR) is 145 cm³/mol. The Morgan fingerprint density at radius 3 is 2.14 bits per heavy atom. The molecule has 0 unspecified atom stereocenters. The molecule has 0 aliphatic heterocycles. The second-order valence-electron chi connectivity index (χ2n) is 10.6. The number of nitrogens with zero attached hydrogens (tertiary/aromatic N) is 1. The molecule has 4 nitrogen and oxygen atoms in total. The van der Waals surface area contributed by atoms with Gasteiger partial charge in [0.15, 0.2) is 0 Å². The Bertz CT molecular complexity index is 1240. The van der Waals surface area contributed by atoms with Gasteiger partial charge in [-0.2, -0.15) is 0 Å². The van der Waals surface area contributed by atoms with E-state index in [2.05, 4.69) is 69.1 Å². The highest BCUT2D eigenvalue weighted by atomic mass is 16.4. The molecule has 1 heterocycles. The number of aromatic nitrogens is 1. The van der Waals surface area contributed by atoms with Crippen LogP contribution in [0.5, 0.6) is 0 Å². The number of hydrogen-bond acceptors (Lipinski definition) is 3. The minimum atomic E-state index is -0.853. The summed E-state index contributed by atoms with van der Waals surface area (Å²) in [6.07, 6.45) is 10.4. The topological polar surface area (TPSA) is 70.4 Å². The van der Waals surface area contributed by atoms with Crippen molar-refractivity contribution in [3.05, 3.63) is 88.2 Å². The zero-order chi connectivity index (χ0) is 25.9. The molecule has 1 aromatic heterocycles. The third-order valence-corrected chi connectivity index (χ3v) is 8.41. The highest BCUT2D eigenvalue weighted by Gasteiger charge is 2.35. The monoisotopic (exact) mass is 485 g/mol. The smallest absolute Gasteiger partial charge is 0.307 e. The number of aliphatic carboxylic acids is 1. The van der Waals surface area contributed by atoms with E-state index in [9.17, 15) is 9.90 Å². The minimum absolute atomic E-state index is 0.0305. The number of carbonyl (C=O) groups is 1. The summed E-state index contributed by atoms with van der Waals surface area (Å²) in [6.45, 7) is 8.77. The molecular weight excluding hydrogens is 446 g/mol. The van der Waals surface area contributed by atoms with E-state index in [1.807, 2.05) is 6.07 Å². The van der Waals surface area contributed by atoms with E-state index in [1.165, 1.54) is 23.1 Å². The zero-order valence-electron chi connectivity index (χ0n) is 22.1. The second-order valence-corrected chi connectivity index (χ2v) is 10.6. The van der Waals surface area contributed by atoms with E-state index in [0.717, 1.165) is 60.8 Å². The lowest BCUT2D eigenvalue weighted by Gasteiger charge is -2.37. The first kappa shape index (κ1) is 26.1. The minimum Gasteiger partial charge on any atom is -0.481 e. The van der Waals surface area contributed by atoms with Crippen molar-refractivity contribution in [2.45, 2.75) is 90.1 Å². The summed E-state index contributed by atoms with van der Waals surface area (Å²) < 4.78 is 0. The summed E-state index contributed by atoms with van der Waals surface area (Å²) in [6, 6.07) is 15.3. The average Bonchev–Trinajstić information content (AvgIpc) is 2.85. The van der Waals surface area contributed by atoms with E-state index in [-0.39, 0.29) is 11.8 Å². The van der Waals surface area contributed by atoms with Crippen molar-refractivity contribution in [1.29, 1.82) is 0 Å².